The molecule has 2 rings (SSSR count). The van der Waals surface area contributed by atoms with E-state index in [9.17, 15) is 9.59 Å². The number of fused-ring (bicyclic) bond motifs is 1. The SMILES string of the molecule is C=CC[C@@H]1C[C@@]2(C)C(=CC1=O)CC[C@@H](OC(=O)/C(C)=C\C)[C@@H]2C. The molecule has 23 heavy (non-hydrogen) atoms. The number of ketones is 1. The van der Waals surface area contributed by atoms with E-state index in [-0.39, 0.29) is 35.1 Å². The van der Waals surface area contributed by atoms with E-state index in [1.165, 1.54) is 5.57 Å². The van der Waals surface area contributed by atoms with Crippen LogP contribution in [0.1, 0.15) is 53.4 Å². The Morgan fingerprint density at radius 1 is 1.52 bits per heavy atom. The number of ether oxygens (including phenoxy) is 1. The second-order valence-corrected chi connectivity index (χ2v) is 7.16. The van der Waals surface area contributed by atoms with Gasteiger partial charge in [0, 0.05) is 17.4 Å². The topological polar surface area (TPSA) is 43.4 Å². The van der Waals surface area contributed by atoms with Crippen molar-refractivity contribution in [3.05, 3.63) is 36.0 Å². The third kappa shape index (κ3) is 3.34. The lowest BCUT2D eigenvalue weighted by atomic mass is 9.57. The third-order valence-corrected chi connectivity index (χ3v) is 5.85. The lowest BCUT2D eigenvalue weighted by Gasteiger charge is -2.49. The molecule has 0 amide bonds. The lowest BCUT2D eigenvalue weighted by Crippen LogP contribution is -2.46. The first-order valence-electron chi connectivity index (χ1n) is 8.53. The molecule has 2 aliphatic rings. The van der Waals surface area contributed by atoms with Crippen molar-refractivity contribution in [2.24, 2.45) is 17.3 Å². The van der Waals surface area contributed by atoms with Crippen LogP contribution in [0.2, 0.25) is 0 Å². The Balaban J connectivity index is 2.21. The molecule has 1 saturated carbocycles. The molecule has 0 radical (unpaired) electrons. The van der Waals surface area contributed by atoms with Crippen molar-refractivity contribution < 1.29 is 14.3 Å². The van der Waals surface area contributed by atoms with Gasteiger partial charge in [0.2, 0.25) is 0 Å². The molecule has 0 bridgehead atoms. The summed E-state index contributed by atoms with van der Waals surface area (Å²) < 4.78 is 5.75. The van der Waals surface area contributed by atoms with E-state index in [2.05, 4.69) is 20.4 Å². The molecule has 0 aliphatic heterocycles. The van der Waals surface area contributed by atoms with Crippen molar-refractivity contribution in [1.82, 2.24) is 0 Å². The zero-order valence-corrected chi connectivity index (χ0v) is 14.7. The van der Waals surface area contributed by atoms with E-state index in [1.807, 2.05) is 19.1 Å². The van der Waals surface area contributed by atoms with Gasteiger partial charge in [0.05, 0.1) is 0 Å². The molecule has 0 heterocycles. The molecule has 0 saturated heterocycles. The number of hydrogen-bond donors (Lipinski definition) is 0. The van der Waals surface area contributed by atoms with Gasteiger partial charge in [0.1, 0.15) is 6.10 Å². The molecule has 126 valence electrons. The van der Waals surface area contributed by atoms with Crippen molar-refractivity contribution in [2.45, 2.75) is 59.5 Å². The summed E-state index contributed by atoms with van der Waals surface area (Å²) in [6, 6.07) is 0. The van der Waals surface area contributed by atoms with Gasteiger partial charge in [-0.25, -0.2) is 4.79 Å². The highest BCUT2D eigenvalue weighted by molar-refractivity contribution is 5.94. The van der Waals surface area contributed by atoms with Crippen LogP contribution in [-0.2, 0) is 14.3 Å². The summed E-state index contributed by atoms with van der Waals surface area (Å²) in [4.78, 5) is 24.4. The van der Waals surface area contributed by atoms with Crippen LogP contribution < -0.4 is 0 Å². The van der Waals surface area contributed by atoms with Crippen molar-refractivity contribution in [1.29, 1.82) is 0 Å². The molecular weight excluding hydrogens is 288 g/mol. The zero-order chi connectivity index (χ0) is 17.2. The van der Waals surface area contributed by atoms with E-state index in [1.54, 1.807) is 13.0 Å². The van der Waals surface area contributed by atoms with Gasteiger partial charge in [-0.3, -0.25) is 4.79 Å². The highest BCUT2D eigenvalue weighted by Gasteiger charge is 2.48. The van der Waals surface area contributed by atoms with Gasteiger partial charge in [-0.15, -0.1) is 6.58 Å². The normalized spacial score (nSPS) is 34.4. The van der Waals surface area contributed by atoms with Crippen molar-refractivity contribution in [2.75, 3.05) is 0 Å². The fourth-order valence-electron chi connectivity index (χ4n) is 3.90. The first kappa shape index (κ1) is 17.7. The zero-order valence-electron chi connectivity index (χ0n) is 14.7. The van der Waals surface area contributed by atoms with Gasteiger partial charge < -0.3 is 4.74 Å². The van der Waals surface area contributed by atoms with Crippen LogP contribution in [0.25, 0.3) is 0 Å². The summed E-state index contributed by atoms with van der Waals surface area (Å²) in [7, 11) is 0. The number of esters is 1. The number of carbonyl (C=O) groups excluding carboxylic acids is 2. The molecule has 4 atom stereocenters. The van der Waals surface area contributed by atoms with Gasteiger partial charge in [-0.05, 0) is 51.0 Å². The van der Waals surface area contributed by atoms with Crippen LogP contribution in [0.5, 0.6) is 0 Å². The average Bonchev–Trinajstić information content (AvgIpc) is 2.52. The fourth-order valence-corrected chi connectivity index (χ4v) is 3.90. The number of rotatable bonds is 4. The summed E-state index contributed by atoms with van der Waals surface area (Å²) in [5, 5.41) is 0. The van der Waals surface area contributed by atoms with Crippen LogP contribution in [-0.4, -0.2) is 17.9 Å². The molecule has 0 aromatic carbocycles. The van der Waals surface area contributed by atoms with Crippen LogP contribution in [0.15, 0.2) is 36.0 Å². The Kier molecular flexibility index (Phi) is 5.28. The predicted octanol–water partition coefficient (Wildman–Crippen LogP) is 4.39. The molecule has 1 fully saturated rings. The molecule has 0 unspecified atom stereocenters. The quantitative estimate of drug-likeness (QED) is 0.439. The molecule has 2 aliphatic carbocycles. The minimum atomic E-state index is -0.227. The molecule has 0 aromatic heterocycles. The standard InChI is InChI=1S/C20H28O3/c1-6-8-15-12-20(5)14(4)18(23-19(22)13(3)7-2)10-9-16(20)11-17(15)21/h6-7,11,14-15,18H,1,8-10,12H2,2-5H3/b13-7-/t14-,15+,18+,20+/m0/s1. The number of allylic oxidation sites excluding steroid dienone is 4. The summed E-state index contributed by atoms with van der Waals surface area (Å²) in [6.07, 6.45) is 8.54. The summed E-state index contributed by atoms with van der Waals surface area (Å²) >= 11 is 0. The van der Waals surface area contributed by atoms with Crippen LogP contribution in [0.4, 0.5) is 0 Å². The maximum atomic E-state index is 12.3. The maximum absolute atomic E-state index is 12.3. The maximum Gasteiger partial charge on any atom is 0.333 e. The Bertz CT molecular complexity index is 569. The average molecular weight is 316 g/mol. The van der Waals surface area contributed by atoms with E-state index in [0.717, 1.165) is 19.3 Å². The van der Waals surface area contributed by atoms with Crippen LogP contribution in [0.3, 0.4) is 0 Å². The number of carbonyl (C=O) groups is 2. The Morgan fingerprint density at radius 2 is 2.22 bits per heavy atom. The monoisotopic (exact) mass is 316 g/mol. The molecule has 0 N–H and O–H groups in total. The van der Waals surface area contributed by atoms with Gasteiger partial charge in [0.15, 0.2) is 5.78 Å². The van der Waals surface area contributed by atoms with E-state index in [0.29, 0.717) is 12.0 Å². The van der Waals surface area contributed by atoms with Crippen LogP contribution in [0, 0.1) is 17.3 Å². The third-order valence-electron chi connectivity index (χ3n) is 5.85. The van der Waals surface area contributed by atoms with Gasteiger partial charge in [0.25, 0.3) is 0 Å². The molecule has 3 nitrogen and oxygen atoms in total. The Hall–Kier alpha value is -1.64. The summed E-state index contributed by atoms with van der Waals surface area (Å²) in [5.41, 5.74) is 1.80. The Morgan fingerprint density at radius 3 is 2.83 bits per heavy atom. The van der Waals surface area contributed by atoms with Crippen molar-refractivity contribution >= 4 is 11.8 Å². The van der Waals surface area contributed by atoms with E-state index < -0.39 is 0 Å². The second kappa shape index (κ2) is 6.86. The van der Waals surface area contributed by atoms with Gasteiger partial charge in [-0.2, -0.15) is 0 Å². The molecular formula is C20H28O3. The molecule has 0 spiro atoms. The van der Waals surface area contributed by atoms with E-state index >= 15 is 0 Å². The highest BCUT2D eigenvalue weighted by atomic mass is 16.5. The largest absolute Gasteiger partial charge is 0.459 e. The molecule has 3 heteroatoms. The minimum Gasteiger partial charge on any atom is -0.459 e. The second-order valence-electron chi connectivity index (χ2n) is 7.16. The summed E-state index contributed by atoms with van der Waals surface area (Å²) in [5.74, 6) is 0.214. The first-order valence-corrected chi connectivity index (χ1v) is 8.53. The smallest absolute Gasteiger partial charge is 0.333 e. The number of hydrogen-bond acceptors (Lipinski definition) is 3. The predicted molar refractivity (Wildman–Crippen MR) is 91.8 cm³/mol. The lowest BCUT2D eigenvalue weighted by molar-refractivity contribution is -0.151. The minimum absolute atomic E-state index is 0.00965. The van der Waals surface area contributed by atoms with Gasteiger partial charge >= 0.3 is 5.97 Å². The summed E-state index contributed by atoms with van der Waals surface area (Å²) in [6.45, 7) is 11.8. The molecule has 0 aromatic rings. The first-order chi connectivity index (χ1) is 10.8. The fraction of sp³-hybridized carbons (Fsp3) is 0.600. The Labute approximate surface area is 139 Å². The van der Waals surface area contributed by atoms with Crippen molar-refractivity contribution in [3.63, 3.8) is 0 Å². The van der Waals surface area contributed by atoms with Crippen LogP contribution >= 0.6 is 0 Å². The van der Waals surface area contributed by atoms with Gasteiger partial charge in [-0.1, -0.05) is 31.6 Å². The van der Waals surface area contributed by atoms with Crippen molar-refractivity contribution in [3.8, 4) is 0 Å². The highest BCUT2D eigenvalue weighted by Crippen LogP contribution is 2.52. The van der Waals surface area contributed by atoms with E-state index in [4.69, 9.17) is 4.74 Å².